The average Bonchev–Trinajstić information content (AvgIpc) is 2.47. The van der Waals surface area contributed by atoms with Gasteiger partial charge in [0.1, 0.15) is 0 Å². The molecule has 3 rings (SSSR count). The summed E-state index contributed by atoms with van der Waals surface area (Å²) in [7, 11) is 0. The molecule has 1 aliphatic rings. The Labute approximate surface area is 139 Å². The number of ketones is 1. The first-order valence-corrected chi connectivity index (χ1v) is 7.80. The molecule has 1 aliphatic carbocycles. The molecule has 0 saturated carbocycles. The van der Waals surface area contributed by atoms with Crippen molar-refractivity contribution in [1.82, 2.24) is 4.57 Å². The number of benzene rings is 1. The maximum absolute atomic E-state index is 12.7. The molecule has 2 aromatic rings. The molecule has 1 aromatic carbocycles. The summed E-state index contributed by atoms with van der Waals surface area (Å²) in [6, 6.07) is 8.37. The maximum atomic E-state index is 12.7. The quantitative estimate of drug-likeness (QED) is 0.841. The molecule has 0 spiro atoms. The van der Waals surface area contributed by atoms with Crippen molar-refractivity contribution in [3.05, 3.63) is 63.1 Å². The monoisotopic (exact) mass is 324 g/mol. The van der Waals surface area contributed by atoms with E-state index in [9.17, 15) is 19.5 Å². The second-order valence-electron chi connectivity index (χ2n) is 7.12. The van der Waals surface area contributed by atoms with Crippen LogP contribution in [0, 0.1) is 12.3 Å². The van der Waals surface area contributed by atoms with Crippen molar-refractivity contribution < 1.29 is 14.7 Å². The van der Waals surface area contributed by atoms with Crippen LogP contribution in [0.15, 0.2) is 35.1 Å². The number of aryl methyl sites for hydroxylation is 1. The number of carboxylic acid groups (broad SMARTS) is 1. The van der Waals surface area contributed by atoms with E-state index in [-0.39, 0.29) is 11.2 Å². The zero-order valence-electron chi connectivity index (χ0n) is 13.9. The molecule has 24 heavy (non-hydrogen) atoms. The van der Waals surface area contributed by atoms with E-state index in [2.05, 4.69) is 0 Å². The third kappa shape index (κ3) is 2.66. The molecule has 0 saturated heterocycles. The van der Waals surface area contributed by atoms with Gasteiger partial charge in [0.25, 0.3) is 5.56 Å². The molecule has 0 atom stereocenters. The standard InChI is InChI=1S/C19H19NO4/c1-11-4-6-12(7-5-11)20-15-9-19(2,3)10-16(21)13(15)8-14(17(20)22)18(23)24/h4-8H,9-10H2,1-3H3,(H,23,24)/p-1. The lowest BCUT2D eigenvalue weighted by Crippen LogP contribution is -2.39. The Morgan fingerprint density at radius 3 is 2.33 bits per heavy atom. The number of fused-ring (bicyclic) bond motifs is 1. The van der Waals surface area contributed by atoms with Gasteiger partial charge in [0.05, 0.1) is 11.5 Å². The van der Waals surface area contributed by atoms with Crippen LogP contribution in [-0.4, -0.2) is 16.3 Å². The van der Waals surface area contributed by atoms with E-state index in [0.29, 0.717) is 29.8 Å². The van der Waals surface area contributed by atoms with Gasteiger partial charge in [0.15, 0.2) is 5.78 Å². The van der Waals surface area contributed by atoms with Crippen molar-refractivity contribution in [2.24, 2.45) is 5.41 Å². The summed E-state index contributed by atoms with van der Waals surface area (Å²) in [5.74, 6) is -1.72. The number of carbonyl (C=O) groups is 2. The van der Waals surface area contributed by atoms with Crippen LogP contribution in [0.4, 0.5) is 0 Å². The number of carboxylic acids is 1. The minimum atomic E-state index is -1.57. The predicted molar refractivity (Wildman–Crippen MR) is 87.5 cm³/mol. The summed E-state index contributed by atoms with van der Waals surface area (Å²) in [6.45, 7) is 5.85. The smallest absolute Gasteiger partial charge is 0.264 e. The summed E-state index contributed by atoms with van der Waals surface area (Å²) in [4.78, 5) is 36.6. The highest BCUT2D eigenvalue weighted by molar-refractivity contribution is 6.00. The Kier molecular flexibility index (Phi) is 3.67. The van der Waals surface area contributed by atoms with Crippen molar-refractivity contribution in [3.8, 4) is 5.69 Å². The Morgan fingerprint density at radius 1 is 1.12 bits per heavy atom. The zero-order valence-corrected chi connectivity index (χ0v) is 13.9. The van der Waals surface area contributed by atoms with Gasteiger partial charge < -0.3 is 9.90 Å². The molecule has 0 N–H and O–H groups in total. The van der Waals surface area contributed by atoms with Crippen LogP contribution in [0.1, 0.15) is 52.2 Å². The number of Topliss-reactive ketones (excluding diaryl/α,β-unsaturated/α-hetero) is 1. The molecule has 5 heteroatoms. The Balaban J connectivity index is 2.38. The van der Waals surface area contributed by atoms with Gasteiger partial charge in [-0.1, -0.05) is 31.5 Å². The number of carbonyl (C=O) groups excluding carboxylic acids is 2. The van der Waals surface area contributed by atoms with Gasteiger partial charge in [0, 0.05) is 23.4 Å². The molecule has 0 aliphatic heterocycles. The fourth-order valence-electron chi connectivity index (χ4n) is 3.23. The largest absolute Gasteiger partial charge is 0.545 e. The summed E-state index contributed by atoms with van der Waals surface area (Å²) in [5.41, 5.74) is 1.00. The molecule has 0 amide bonds. The van der Waals surface area contributed by atoms with E-state index in [1.807, 2.05) is 32.9 Å². The van der Waals surface area contributed by atoms with E-state index in [1.54, 1.807) is 12.1 Å². The lowest BCUT2D eigenvalue weighted by Gasteiger charge is -2.32. The van der Waals surface area contributed by atoms with Crippen molar-refractivity contribution >= 4 is 11.8 Å². The Morgan fingerprint density at radius 2 is 1.75 bits per heavy atom. The normalized spacial score (nSPS) is 15.9. The third-order valence-electron chi connectivity index (χ3n) is 4.40. The van der Waals surface area contributed by atoms with Gasteiger partial charge in [-0.25, -0.2) is 0 Å². The first kappa shape index (κ1) is 16.2. The topological polar surface area (TPSA) is 79.2 Å². The molecule has 124 valence electrons. The highest BCUT2D eigenvalue weighted by atomic mass is 16.4. The van der Waals surface area contributed by atoms with Crippen LogP contribution < -0.4 is 10.7 Å². The number of hydrogen-bond acceptors (Lipinski definition) is 4. The van der Waals surface area contributed by atoms with E-state index >= 15 is 0 Å². The number of aromatic carboxylic acids is 1. The van der Waals surface area contributed by atoms with Crippen molar-refractivity contribution in [2.75, 3.05) is 0 Å². The second kappa shape index (κ2) is 5.44. The number of nitrogens with zero attached hydrogens (tertiary/aromatic N) is 1. The van der Waals surface area contributed by atoms with Crippen LogP contribution >= 0.6 is 0 Å². The van der Waals surface area contributed by atoms with Gasteiger partial charge in [0.2, 0.25) is 0 Å². The van der Waals surface area contributed by atoms with Gasteiger partial charge in [-0.15, -0.1) is 0 Å². The second-order valence-corrected chi connectivity index (χ2v) is 7.12. The number of rotatable bonds is 2. The molecular formula is C19H18NO4-. The minimum absolute atomic E-state index is 0.149. The lowest BCUT2D eigenvalue weighted by atomic mass is 9.75. The molecule has 1 aromatic heterocycles. The maximum Gasteiger partial charge on any atom is 0.264 e. The summed E-state index contributed by atoms with van der Waals surface area (Å²) in [6.07, 6.45) is 0.836. The van der Waals surface area contributed by atoms with Crippen LogP contribution in [0.5, 0.6) is 0 Å². The molecule has 0 fully saturated rings. The van der Waals surface area contributed by atoms with E-state index < -0.39 is 17.1 Å². The summed E-state index contributed by atoms with van der Waals surface area (Å²) < 4.78 is 1.35. The van der Waals surface area contributed by atoms with Gasteiger partial charge in [-0.2, -0.15) is 0 Å². The van der Waals surface area contributed by atoms with Crippen LogP contribution in [0.3, 0.4) is 0 Å². The van der Waals surface area contributed by atoms with Crippen LogP contribution in [0.2, 0.25) is 0 Å². The lowest BCUT2D eigenvalue weighted by molar-refractivity contribution is -0.255. The van der Waals surface area contributed by atoms with Crippen LogP contribution in [0.25, 0.3) is 5.69 Å². The van der Waals surface area contributed by atoms with E-state index in [0.717, 1.165) is 5.56 Å². The summed E-state index contributed by atoms with van der Waals surface area (Å²) >= 11 is 0. The predicted octanol–water partition coefficient (Wildman–Crippen LogP) is 1.66. The highest BCUT2D eigenvalue weighted by Crippen LogP contribution is 2.35. The number of pyridine rings is 1. The van der Waals surface area contributed by atoms with Gasteiger partial charge in [-0.3, -0.25) is 14.2 Å². The first-order valence-electron chi connectivity index (χ1n) is 7.80. The number of hydrogen-bond donors (Lipinski definition) is 0. The molecule has 0 unspecified atom stereocenters. The third-order valence-corrected chi connectivity index (χ3v) is 4.40. The molecule has 0 bridgehead atoms. The average molecular weight is 324 g/mol. The zero-order chi connectivity index (χ0) is 17.6. The Hall–Kier alpha value is -2.69. The van der Waals surface area contributed by atoms with Crippen molar-refractivity contribution in [1.29, 1.82) is 0 Å². The SMILES string of the molecule is Cc1ccc(-n2c3c(cc(C(=O)[O-])c2=O)C(=O)CC(C)(C)C3)cc1. The highest BCUT2D eigenvalue weighted by Gasteiger charge is 2.34. The Bertz CT molecular complexity index is 904. The van der Waals surface area contributed by atoms with Gasteiger partial charge in [-0.05, 0) is 37.0 Å². The molecule has 1 heterocycles. The fourth-order valence-corrected chi connectivity index (χ4v) is 3.23. The minimum Gasteiger partial charge on any atom is -0.545 e. The van der Waals surface area contributed by atoms with E-state index in [1.165, 1.54) is 10.6 Å². The first-order chi connectivity index (χ1) is 11.2. The summed E-state index contributed by atoms with van der Waals surface area (Å²) in [5, 5.41) is 11.3. The molecule has 0 radical (unpaired) electrons. The van der Waals surface area contributed by atoms with Crippen LogP contribution in [-0.2, 0) is 6.42 Å². The van der Waals surface area contributed by atoms with Crippen molar-refractivity contribution in [3.63, 3.8) is 0 Å². The van der Waals surface area contributed by atoms with Crippen molar-refractivity contribution in [2.45, 2.75) is 33.6 Å². The van der Waals surface area contributed by atoms with Gasteiger partial charge >= 0.3 is 0 Å². The fraction of sp³-hybridized carbons (Fsp3) is 0.316. The molecule has 5 nitrogen and oxygen atoms in total. The van der Waals surface area contributed by atoms with E-state index in [4.69, 9.17) is 0 Å². The molecular weight excluding hydrogens is 306 g/mol. The number of aromatic nitrogens is 1.